The zero-order valence-electron chi connectivity index (χ0n) is 20.9. The third kappa shape index (κ3) is 5.96. The SMILES string of the molecule is O=C(NC1CCNCC1)c1ccc(-c2cc3cn(-c4ccc(CNCCCCl)cc4)c(=O)nc3[nH]2)cc1F. The Morgan fingerprint density at radius 1 is 1.13 bits per heavy atom. The summed E-state index contributed by atoms with van der Waals surface area (Å²) < 4.78 is 16.4. The highest BCUT2D eigenvalue weighted by Gasteiger charge is 2.19. The number of alkyl halides is 1. The summed E-state index contributed by atoms with van der Waals surface area (Å²) in [5.74, 6) is -0.382. The number of halogens is 2. The van der Waals surface area contributed by atoms with Gasteiger partial charge >= 0.3 is 5.69 Å². The van der Waals surface area contributed by atoms with E-state index in [1.165, 1.54) is 16.7 Å². The number of carbonyl (C=O) groups is 1. The van der Waals surface area contributed by atoms with E-state index in [-0.39, 0.29) is 11.6 Å². The molecule has 0 saturated carbocycles. The monoisotopic (exact) mass is 536 g/mol. The van der Waals surface area contributed by atoms with E-state index in [1.54, 1.807) is 12.3 Å². The molecule has 0 atom stereocenters. The second kappa shape index (κ2) is 11.9. The van der Waals surface area contributed by atoms with E-state index in [2.05, 4.69) is 25.9 Å². The Balaban J connectivity index is 1.33. The van der Waals surface area contributed by atoms with E-state index in [0.717, 1.165) is 51.0 Å². The number of aromatic nitrogens is 3. The first kappa shape index (κ1) is 26.1. The maximum atomic E-state index is 14.9. The van der Waals surface area contributed by atoms with Gasteiger partial charge in [-0.3, -0.25) is 9.36 Å². The molecule has 1 fully saturated rings. The minimum atomic E-state index is -0.600. The van der Waals surface area contributed by atoms with Gasteiger partial charge in [0, 0.05) is 41.3 Å². The lowest BCUT2D eigenvalue weighted by atomic mass is 10.0. The van der Waals surface area contributed by atoms with Crippen molar-refractivity contribution in [2.75, 3.05) is 25.5 Å². The molecule has 1 aliphatic rings. The Bertz CT molecular complexity index is 1480. The summed E-state index contributed by atoms with van der Waals surface area (Å²) in [7, 11) is 0. The van der Waals surface area contributed by atoms with Crippen LogP contribution in [0.5, 0.6) is 0 Å². The van der Waals surface area contributed by atoms with Crippen LogP contribution in [0.3, 0.4) is 0 Å². The Morgan fingerprint density at radius 2 is 1.92 bits per heavy atom. The van der Waals surface area contributed by atoms with Crippen molar-refractivity contribution in [1.29, 1.82) is 0 Å². The lowest BCUT2D eigenvalue weighted by Gasteiger charge is -2.23. The molecule has 198 valence electrons. The summed E-state index contributed by atoms with van der Waals surface area (Å²) in [6, 6.07) is 14.1. The highest BCUT2D eigenvalue weighted by molar-refractivity contribution is 6.17. The van der Waals surface area contributed by atoms with Crippen molar-refractivity contribution >= 4 is 28.5 Å². The number of fused-ring (bicyclic) bond motifs is 1. The molecule has 4 aromatic rings. The molecule has 0 aliphatic carbocycles. The quantitative estimate of drug-likeness (QED) is 0.193. The number of hydrogen-bond donors (Lipinski definition) is 4. The van der Waals surface area contributed by atoms with Crippen molar-refractivity contribution in [1.82, 2.24) is 30.5 Å². The largest absolute Gasteiger partial charge is 0.354 e. The van der Waals surface area contributed by atoms with Crippen molar-refractivity contribution in [2.45, 2.75) is 31.8 Å². The lowest BCUT2D eigenvalue weighted by Crippen LogP contribution is -2.42. The van der Waals surface area contributed by atoms with Gasteiger partial charge in [0.2, 0.25) is 0 Å². The number of nitrogens with zero attached hydrogens (tertiary/aromatic N) is 2. The Labute approximate surface area is 224 Å². The molecule has 10 heteroatoms. The number of aromatic amines is 1. The van der Waals surface area contributed by atoms with Gasteiger partial charge in [0.15, 0.2) is 0 Å². The molecule has 38 heavy (non-hydrogen) atoms. The molecule has 2 aromatic carbocycles. The maximum Gasteiger partial charge on any atom is 0.354 e. The Kier molecular flexibility index (Phi) is 8.17. The van der Waals surface area contributed by atoms with Crippen LogP contribution >= 0.6 is 11.6 Å². The van der Waals surface area contributed by atoms with Crippen LogP contribution in [0.25, 0.3) is 28.0 Å². The van der Waals surface area contributed by atoms with Crippen molar-refractivity contribution in [3.8, 4) is 16.9 Å². The average Bonchev–Trinajstić information content (AvgIpc) is 3.34. The van der Waals surface area contributed by atoms with Gasteiger partial charge in [0.05, 0.1) is 11.3 Å². The van der Waals surface area contributed by atoms with Crippen molar-refractivity contribution < 1.29 is 9.18 Å². The topological polar surface area (TPSA) is 104 Å². The highest BCUT2D eigenvalue weighted by Crippen LogP contribution is 2.25. The van der Waals surface area contributed by atoms with Crippen molar-refractivity contribution in [3.63, 3.8) is 0 Å². The van der Waals surface area contributed by atoms with E-state index in [4.69, 9.17) is 11.6 Å². The predicted octanol–water partition coefficient (Wildman–Crippen LogP) is 3.72. The van der Waals surface area contributed by atoms with Crippen LogP contribution in [-0.2, 0) is 6.54 Å². The normalized spacial score (nSPS) is 14.2. The zero-order valence-corrected chi connectivity index (χ0v) is 21.7. The first-order valence-electron chi connectivity index (χ1n) is 12.8. The van der Waals surface area contributed by atoms with Crippen LogP contribution < -0.4 is 21.6 Å². The minimum Gasteiger partial charge on any atom is -0.349 e. The summed E-state index contributed by atoms with van der Waals surface area (Å²) in [5, 5.41) is 10.2. The molecule has 0 radical (unpaired) electrons. The number of piperidine rings is 1. The van der Waals surface area contributed by atoms with Gasteiger partial charge in [-0.2, -0.15) is 4.98 Å². The molecule has 1 saturated heterocycles. The molecule has 2 aromatic heterocycles. The summed E-state index contributed by atoms with van der Waals surface area (Å²) in [6.07, 6.45) is 4.27. The molecule has 0 bridgehead atoms. The van der Waals surface area contributed by atoms with E-state index >= 15 is 0 Å². The third-order valence-electron chi connectivity index (χ3n) is 6.74. The Morgan fingerprint density at radius 3 is 2.66 bits per heavy atom. The molecular weight excluding hydrogens is 507 g/mol. The van der Waals surface area contributed by atoms with Gasteiger partial charge in [-0.25, -0.2) is 9.18 Å². The fourth-order valence-corrected chi connectivity index (χ4v) is 4.76. The van der Waals surface area contributed by atoms with Crippen LogP contribution in [0, 0.1) is 5.82 Å². The van der Waals surface area contributed by atoms with Gasteiger partial charge in [0.1, 0.15) is 11.5 Å². The van der Waals surface area contributed by atoms with Crippen LogP contribution in [-0.4, -0.2) is 52.0 Å². The molecule has 5 rings (SSSR count). The molecule has 3 heterocycles. The van der Waals surface area contributed by atoms with E-state index in [9.17, 15) is 14.0 Å². The van der Waals surface area contributed by atoms with Crippen molar-refractivity contribution in [3.05, 3.63) is 82.2 Å². The fourth-order valence-electron chi connectivity index (χ4n) is 4.63. The molecule has 1 amide bonds. The van der Waals surface area contributed by atoms with Crippen LogP contribution in [0.1, 0.15) is 35.2 Å². The molecule has 4 N–H and O–H groups in total. The number of benzene rings is 2. The number of H-pyrrole nitrogens is 1. The van der Waals surface area contributed by atoms with E-state index in [1.807, 2.05) is 30.3 Å². The second-order valence-electron chi connectivity index (χ2n) is 9.46. The standard InChI is InChI=1S/C28H30ClFN6O2/c29-10-1-11-32-16-18-2-5-22(6-3-18)36-17-20-15-25(34-26(20)35-28(36)38)19-4-7-23(24(30)14-19)27(37)33-21-8-12-31-13-9-21/h2-7,14-15,17,21,31-32H,1,8-13,16H2,(H,33,37)(H,34,35,38). The molecule has 8 nitrogen and oxygen atoms in total. The van der Waals surface area contributed by atoms with Gasteiger partial charge in [-0.1, -0.05) is 18.2 Å². The van der Waals surface area contributed by atoms with Gasteiger partial charge in [-0.15, -0.1) is 11.6 Å². The molecule has 0 unspecified atom stereocenters. The molecule has 1 aliphatic heterocycles. The zero-order chi connectivity index (χ0) is 26.5. The lowest BCUT2D eigenvalue weighted by molar-refractivity contribution is 0.0925. The van der Waals surface area contributed by atoms with Crippen molar-refractivity contribution in [2.24, 2.45) is 0 Å². The minimum absolute atomic E-state index is 0.0129. The summed E-state index contributed by atoms with van der Waals surface area (Å²) in [6.45, 7) is 3.24. The fraction of sp³-hybridized carbons (Fsp3) is 0.321. The third-order valence-corrected chi connectivity index (χ3v) is 7.01. The number of hydrogen-bond acceptors (Lipinski definition) is 5. The second-order valence-corrected chi connectivity index (χ2v) is 9.84. The number of rotatable bonds is 9. The van der Waals surface area contributed by atoms with Crippen LogP contribution in [0.15, 0.2) is 59.5 Å². The average molecular weight is 537 g/mol. The summed E-state index contributed by atoms with van der Waals surface area (Å²) >= 11 is 5.71. The number of nitrogens with one attached hydrogen (secondary N) is 4. The van der Waals surface area contributed by atoms with Gasteiger partial charge in [-0.05, 0) is 74.8 Å². The van der Waals surface area contributed by atoms with E-state index < -0.39 is 17.4 Å². The predicted molar refractivity (Wildman–Crippen MR) is 147 cm³/mol. The summed E-state index contributed by atoms with van der Waals surface area (Å²) in [5.41, 5.74) is 2.97. The molecular formula is C28H30ClFN6O2. The first-order valence-corrected chi connectivity index (χ1v) is 13.4. The van der Waals surface area contributed by atoms with E-state index in [0.29, 0.717) is 33.9 Å². The first-order chi connectivity index (χ1) is 18.5. The van der Waals surface area contributed by atoms with Crippen LogP contribution in [0.2, 0.25) is 0 Å². The Hall–Kier alpha value is -3.53. The smallest absolute Gasteiger partial charge is 0.349 e. The summed E-state index contributed by atoms with van der Waals surface area (Å²) in [4.78, 5) is 32.6. The number of amides is 1. The highest BCUT2D eigenvalue weighted by atomic mass is 35.5. The number of carbonyl (C=O) groups excluding carboxylic acids is 1. The van der Waals surface area contributed by atoms with Gasteiger partial charge < -0.3 is 20.9 Å². The van der Waals surface area contributed by atoms with Crippen LogP contribution in [0.4, 0.5) is 4.39 Å². The van der Waals surface area contributed by atoms with Gasteiger partial charge in [0.25, 0.3) is 5.91 Å². The maximum absolute atomic E-state index is 14.9. The molecule has 0 spiro atoms.